The van der Waals surface area contributed by atoms with Crippen molar-refractivity contribution in [1.29, 1.82) is 0 Å². The van der Waals surface area contributed by atoms with Crippen LogP contribution in [0.5, 0.6) is 0 Å². The van der Waals surface area contributed by atoms with Gasteiger partial charge in [0.2, 0.25) is 0 Å². The number of thioether (sulfide) groups is 1. The smallest absolute Gasteiger partial charge is 0.342 e. The van der Waals surface area contributed by atoms with Crippen LogP contribution in [-0.4, -0.2) is 30.8 Å². The van der Waals surface area contributed by atoms with Crippen LogP contribution in [0.3, 0.4) is 0 Å². The zero-order valence-electron chi connectivity index (χ0n) is 19.2. The molecule has 0 spiro atoms. The van der Waals surface area contributed by atoms with E-state index >= 15 is 0 Å². The Morgan fingerprint density at radius 2 is 1.70 bits per heavy atom. The van der Waals surface area contributed by atoms with Gasteiger partial charge in [-0.05, 0) is 84.9 Å². The third-order valence-corrected chi connectivity index (χ3v) is 7.64. The van der Waals surface area contributed by atoms with E-state index in [2.05, 4.69) is 10.2 Å². The van der Waals surface area contributed by atoms with Gasteiger partial charge in [0.25, 0.3) is 5.69 Å². The topological polar surface area (TPSA) is 111 Å². The van der Waals surface area contributed by atoms with Gasteiger partial charge in [-0.1, -0.05) is 41.0 Å². The van der Waals surface area contributed by atoms with Gasteiger partial charge in [-0.25, -0.2) is 4.79 Å². The highest BCUT2D eigenvalue weighted by atomic mass is 35.5. The first-order valence-corrected chi connectivity index (χ1v) is 13.2. The lowest BCUT2D eigenvalue weighted by atomic mass is 10.2. The first-order chi connectivity index (χ1) is 17.7. The SMILES string of the molecule is CCn1c(S/C(=C/c2ccc(Sc3ccc(Cl)cc3)c([N+](=O)[O-])c2)C(=O)O)nnc1-c1ccc(Cl)cc1. The van der Waals surface area contributed by atoms with E-state index in [1.807, 2.05) is 19.1 Å². The Morgan fingerprint density at radius 1 is 1.05 bits per heavy atom. The quantitative estimate of drug-likeness (QED) is 0.0946. The number of benzene rings is 3. The number of nitro benzene ring substituents is 1. The van der Waals surface area contributed by atoms with Gasteiger partial charge >= 0.3 is 5.97 Å². The number of aliphatic carboxylic acids is 1. The lowest BCUT2D eigenvalue weighted by Gasteiger charge is -2.08. The van der Waals surface area contributed by atoms with Gasteiger partial charge in [0.05, 0.1) is 9.82 Å². The minimum atomic E-state index is -1.19. The Morgan fingerprint density at radius 3 is 2.30 bits per heavy atom. The minimum Gasteiger partial charge on any atom is -0.477 e. The highest BCUT2D eigenvalue weighted by molar-refractivity contribution is 8.04. The second-order valence-corrected chi connectivity index (χ2v) is 10.5. The molecule has 0 unspecified atom stereocenters. The summed E-state index contributed by atoms with van der Waals surface area (Å²) in [4.78, 5) is 24.5. The summed E-state index contributed by atoms with van der Waals surface area (Å²) in [6, 6.07) is 18.6. The molecule has 0 radical (unpaired) electrons. The van der Waals surface area contributed by atoms with Gasteiger partial charge in [0, 0.05) is 33.1 Å². The molecule has 1 N–H and O–H groups in total. The van der Waals surface area contributed by atoms with E-state index in [0.29, 0.717) is 38.0 Å². The van der Waals surface area contributed by atoms with Crippen molar-refractivity contribution in [2.75, 3.05) is 0 Å². The van der Waals surface area contributed by atoms with Crippen molar-refractivity contribution in [2.24, 2.45) is 0 Å². The lowest BCUT2D eigenvalue weighted by molar-refractivity contribution is -0.387. The molecule has 188 valence electrons. The molecule has 1 heterocycles. The molecule has 0 amide bonds. The molecule has 8 nitrogen and oxygen atoms in total. The normalized spacial score (nSPS) is 11.5. The number of nitro groups is 1. The second kappa shape index (κ2) is 11.8. The molecule has 0 bridgehead atoms. The molecule has 0 atom stereocenters. The molecule has 0 aliphatic carbocycles. The Kier molecular flexibility index (Phi) is 8.55. The average molecular weight is 573 g/mol. The molecular formula is C25H18Cl2N4O4S2. The summed E-state index contributed by atoms with van der Waals surface area (Å²) < 4.78 is 1.79. The zero-order valence-corrected chi connectivity index (χ0v) is 22.3. The molecule has 1 aromatic heterocycles. The summed E-state index contributed by atoms with van der Waals surface area (Å²) in [6.07, 6.45) is 1.38. The number of carbonyl (C=O) groups is 1. The van der Waals surface area contributed by atoms with Crippen molar-refractivity contribution in [3.8, 4) is 11.4 Å². The summed E-state index contributed by atoms with van der Waals surface area (Å²) in [5.41, 5.74) is 1.03. The first-order valence-electron chi connectivity index (χ1n) is 10.8. The highest BCUT2D eigenvalue weighted by Gasteiger charge is 2.20. The molecule has 0 saturated carbocycles. The highest BCUT2D eigenvalue weighted by Crippen LogP contribution is 2.37. The molecular weight excluding hydrogens is 555 g/mol. The largest absolute Gasteiger partial charge is 0.477 e. The summed E-state index contributed by atoms with van der Waals surface area (Å²) >= 11 is 14.0. The lowest BCUT2D eigenvalue weighted by Crippen LogP contribution is -2.03. The molecule has 4 aromatic rings. The number of carboxylic acids is 1. The van der Waals surface area contributed by atoms with E-state index in [0.717, 1.165) is 22.2 Å². The molecule has 0 aliphatic rings. The summed E-state index contributed by atoms with van der Waals surface area (Å²) in [7, 11) is 0. The van der Waals surface area contributed by atoms with Crippen molar-refractivity contribution >= 4 is 64.5 Å². The predicted molar refractivity (Wildman–Crippen MR) is 146 cm³/mol. The number of nitrogens with zero attached hydrogens (tertiary/aromatic N) is 4. The van der Waals surface area contributed by atoms with Gasteiger partial charge in [-0.3, -0.25) is 10.1 Å². The first kappa shape index (κ1) is 26.7. The van der Waals surface area contributed by atoms with Crippen LogP contribution < -0.4 is 0 Å². The van der Waals surface area contributed by atoms with Crippen LogP contribution in [0.1, 0.15) is 12.5 Å². The third kappa shape index (κ3) is 6.53. The molecule has 3 aromatic carbocycles. The summed E-state index contributed by atoms with van der Waals surface area (Å²) in [5.74, 6) is -0.614. The Hall–Kier alpha value is -3.31. The maximum Gasteiger partial charge on any atom is 0.342 e. The Balaban J connectivity index is 1.64. The van der Waals surface area contributed by atoms with Gasteiger partial charge in [-0.2, -0.15) is 0 Å². The van der Waals surface area contributed by atoms with Crippen LogP contribution in [0.15, 0.2) is 86.6 Å². The fourth-order valence-corrected chi connectivity index (χ4v) is 5.37. The number of halogens is 2. The summed E-state index contributed by atoms with van der Waals surface area (Å²) in [6.45, 7) is 2.40. The van der Waals surface area contributed by atoms with E-state index < -0.39 is 10.9 Å². The summed E-state index contributed by atoms with van der Waals surface area (Å²) in [5, 5.41) is 31.6. The number of rotatable bonds is 9. The Bertz CT molecular complexity index is 1490. The van der Waals surface area contributed by atoms with Crippen LogP contribution in [0.25, 0.3) is 17.5 Å². The fraction of sp³-hybridized carbons (Fsp3) is 0.0800. The third-order valence-electron chi connectivity index (χ3n) is 5.07. The molecule has 37 heavy (non-hydrogen) atoms. The molecule has 0 fully saturated rings. The number of aromatic nitrogens is 3. The maximum atomic E-state index is 12.1. The van der Waals surface area contributed by atoms with Gasteiger partial charge in [-0.15, -0.1) is 10.2 Å². The van der Waals surface area contributed by atoms with Crippen LogP contribution >= 0.6 is 46.7 Å². The van der Waals surface area contributed by atoms with E-state index in [9.17, 15) is 20.0 Å². The van der Waals surface area contributed by atoms with Crippen LogP contribution in [0.4, 0.5) is 5.69 Å². The van der Waals surface area contributed by atoms with E-state index in [1.165, 1.54) is 23.9 Å². The van der Waals surface area contributed by atoms with Crippen LogP contribution in [0.2, 0.25) is 10.0 Å². The second-order valence-electron chi connectivity index (χ2n) is 7.51. The van der Waals surface area contributed by atoms with Gasteiger partial charge in [0.1, 0.15) is 4.91 Å². The molecule has 12 heteroatoms. The molecule has 0 saturated heterocycles. The predicted octanol–water partition coefficient (Wildman–Crippen LogP) is 7.55. The minimum absolute atomic E-state index is 0.0582. The van der Waals surface area contributed by atoms with Crippen LogP contribution in [0, 0.1) is 10.1 Å². The van der Waals surface area contributed by atoms with Gasteiger partial charge < -0.3 is 9.67 Å². The number of hydrogen-bond donors (Lipinski definition) is 1. The van der Waals surface area contributed by atoms with E-state index in [1.54, 1.807) is 53.1 Å². The monoisotopic (exact) mass is 572 g/mol. The van der Waals surface area contributed by atoms with Crippen molar-refractivity contribution in [3.63, 3.8) is 0 Å². The average Bonchev–Trinajstić information content (AvgIpc) is 3.28. The fourth-order valence-electron chi connectivity index (χ4n) is 3.33. The van der Waals surface area contributed by atoms with Crippen LogP contribution in [-0.2, 0) is 11.3 Å². The van der Waals surface area contributed by atoms with E-state index in [-0.39, 0.29) is 10.6 Å². The molecule has 0 aliphatic heterocycles. The van der Waals surface area contributed by atoms with Crippen molar-refractivity contribution in [3.05, 3.63) is 97.4 Å². The number of carboxylic acid groups (broad SMARTS) is 1. The van der Waals surface area contributed by atoms with Crippen molar-refractivity contribution in [2.45, 2.75) is 28.4 Å². The number of hydrogen-bond acceptors (Lipinski definition) is 7. The van der Waals surface area contributed by atoms with Crippen molar-refractivity contribution in [1.82, 2.24) is 14.8 Å². The molecule has 4 rings (SSSR count). The maximum absolute atomic E-state index is 12.1. The Labute approximate surface area is 230 Å². The van der Waals surface area contributed by atoms with Gasteiger partial charge in [0.15, 0.2) is 11.0 Å². The standard InChI is InChI=1S/C25H18Cl2N4O4S2/c1-2-30-23(16-4-6-17(26)7-5-16)28-29-25(30)37-22(24(32)33)14-15-3-12-21(20(13-15)31(34)35)36-19-10-8-18(27)9-11-19/h3-14H,2H2,1H3,(H,32,33)/b22-14+. The van der Waals surface area contributed by atoms with E-state index in [4.69, 9.17) is 23.2 Å². The zero-order chi connectivity index (χ0) is 26.5. The van der Waals surface area contributed by atoms with Crippen molar-refractivity contribution < 1.29 is 14.8 Å².